The molecular weight excluding hydrogens is 289 g/mol. The van der Waals surface area contributed by atoms with Gasteiger partial charge < -0.3 is 19.5 Å². The maximum atomic E-state index is 13.0. The molecule has 1 aliphatic rings. The highest BCUT2D eigenvalue weighted by molar-refractivity contribution is 5.70. The Morgan fingerprint density at radius 1 is 1.23 bits per heavy atom. The zero-order valence-corrected chi connectivity index (χ0v) is 12.7. The Kier molecular flexibility index (Phi) is 4.68. The first-order valence-electron chi connectivity index (χ1n) is 7.24. The predicted octanol–water partition coefficient (Wildman–Crippen LogP) is 1.66. The number of carboxylic acids is 1. The molecule has 0 radical (unpaired) electrons. The van der Waals surface area contributed by atoms with Crippen molar-refractivity contribution >= 4 is 12.1 Å². The van der Waals surface area contributed by atoms with Crippen LogP contribution in [0, 0.1) is 11.7 Å². The van der Waals surface area contributed by atoms with Gasteiger partial charge in [0.2, 0.25) is 0 Å². The topological polar surface area (TPSA) is 69.7 Å². The SMILES string of the molecule is CC(C)(OC(=O)N1CCC(C(=O)[O-])CC1)c1ccc(F)cc1. The van der Waals surface area contributed by atoms with Crippen LogP contribution in [0.3, 0.4) is 0 Å². The normalized spacial score (nSPS) is 16.4. The first-order chi connectivity index (χ1) is 10.3. The summed E-state index contributed by atoms with van der Waals surface area (Å²) in [6, 6.07) is 5.78. The molecule has 0 saturated carbocycles. The van der Waals surface area contributed by atoms with E-state index in [0.717, 1.165) is 0 Å². The van der Waals surface area contributed by atoms with E-state index in [4.69, 9.17) is 4.74 Å². The van der Waals surface area contributed by atoms with Gasteiger partial charge in [-0.3, -0.25) is 0 Å². The van der Waals surface area contributed by atoms with Crippen molar-refractivity contribution < 1.29 is 23.8 Å². The fraction of sp³-hybridized carbons (Fsp3) is 0.500. The third-order valence-corrected chi connectivity index (χ3v) is 3.97. The Labute approximate surface area is 128 Å². The number of ether oxygens (including phenoxy) is 1. The average molecular weight is 308 g/mol. The van der Waals surface area contributed by atoms with Crippen molar-refractivity contribution in [3.05, 3.63) is 35.6 Å². The molecular formula is C16H19FNO4-. The second kappa shape index (κ2) is 6.34. The molecule has 0 spiro atoms. The van der Waals surface area contributed by atoms with Crippen molar-refractivity contribution in [2.45, 2.75) is 32.3 Å². The zero-order valence-electron chi connectivity index (χ0n) is 12.7. The summed E-state index contributed by atoms with van der Waals surface area (Å²) in [6.45, 7) is 4.12. The zero-order chi connectivity index (χ0) is 16.3. The molecule has 1 aromatic rings. The number of hydrogen-bond donors (Lipinski definition) is 0. The van der Waals surface area contributed by atoms with Crippen LogP contribution in [0.2, 0.25) is 0 Å². The Morgan fingerprint density at radius 2 is 1.77 bits per heavy atom. The molecule has 1 amide bonds. The number of rotatable bonds is 3. The van der Waals surface area contributed by atoms with Gasteiger partial charge in [-0.2, -0.15) is 0 Å². The van der Waals surface area contributed by atoms with E-state index in [0.29, 0.717) is 31.5 Å². The van der Waals surface area contributed by atoms with Crippen LogP contribution in [-0.4, -0.2) is 30.1 Å². The number of aliphatic carboxylic acids is 1. The van der Waals surface area contributed by atoms with Gasteiger partial charge in [-0.05, 0) is 44.4 Å². The van der Waals surface area contributed by atoms with Gasteiger partial charge in [0.05, 0.1) is 0 Å². The molecule has 22 heavy (non-hydrogen) atoms. The van der Waals surface area contributed by atoms with Gasteiger partial charge in [0.15, 0.2) is 0 Å². The van der Waals surface area contributed by atoms with Gasteiger partial charge in [0.1, 0.15) is 11.4 Å². The highest BCUT2D eigenvalue weighted by Crippen LogP contribution is 2.27. The predicted molar refractivity (Wildman–Crippen MR) is 75.2 cm³/mol. The molecule has 6 heteroatoms. The van der Waals surface area contributed by atoms with E-state index < -0.39 is 23.6 Å². The van der Waals surface area contributed by atoms with Gasteiger partial charge in [-0.15, -0.1) is 0 Å². The summed E-state index contributed by atoms with van der Waals surface area (Å²) in [4.78, 5) is 24.5. The van der Waals surface area contributed by atoms with Crippen LogP contribution >= 0.6 is 0 Å². The molecule has 5 nitrogen and oxygen atoms in total. The third-order valence-electron chi connectivity index (χ3n) is 3.97. The number of piperidine rings is 1. The maximum absolute atomic E-state index is 13.0. The largest absolute Gasteiger partial charge is 0.550 e. The van der Waals surface area contributed by atoms with E-state index in [2.05, 4.69) is 0 Å². The monoisotopic (exact) mass is 308 g/mol. The Hall–Kier alpha value is -2.11. The van der Waals surface area contributed by atoms with E-state index in [9.17, 15) is 19.1 Å². The lowest BCUT2D eigenvalue weighted by Gasteiger charge is -2.34. The lowest BCUT2D eigenvalue weighted by Crippen LogP contribution is -2.45. The fourth-order valence-corrected chi connectivity index (χ4v) is 2.49. The summed E-state index contributed by atoms with van der Waals surface area (Å²) < 4.78 is 18.5. The standard InChI is InChI=1S/C16H20FNO4/c1-16(2,12-3-5-13(17)6-4-12)22-15(21)18-9-7-11(8-10-18)14(19)20/h3-6,11H,7-10H2,1-2H3,(H,19,20)/p-1. The Balaban J connectivity index is 1.96. The van der Waals surface area contributed by atoms with Gasteiger partial charge in [0.25, 0.3) is 0 Å². The van der Waals surface area contributed by atoms with Gasteiger partial charge >= 0.3 is 6.09 Å². The lowest BCUT2D eigenvalue weighted by atomic mass is 9.97. The Morgan fingerprint density at radius 3 is 2.27 bits per heavy atom. The van der Waals surface area contributed by atoms with Crippen molar-refractivity contribution in [3.8, 4) is 0 Å². The quantitative estimate of drug-likeness (QED) is 0.851. The first-order valence-corrected chi connectivity index (χ1v) is 7.24. The molecule has 0 unspecified atom stereocenters. The molecule has 2 rings (SSSR count). The minimum Gasteiger partial charge on any atom is -0.550 e. The van der Waals surface area contributed by atoms with Crippen molar-refractivity contribution in [1.29, 1.82) is 0 Å². The molecule has 0 aromatic heterocycles. The summed E-state index contributed by atoms with van der Waals surface area (Å²) in [5, 5.41) is 10.8. The van der Waals surface area contributed by atoms with Crippen LogP contribution in [0.1, 0.15) is 32.3 Å². The van der Waals surface area contributed by atoms with E-state index in [1.807, 2.05) is 0 Å². The molecule has 0 atom stereocenters. The number of benzene rings is 1. The van der Waals surface area contributed by atoms with Crippen LogP contribution in [0.5, 0.6) is 0 Å². The van der Waals surface area contributed by atoms with Crippen molar-refractivity contribution in [3.63, 3.8) is 0 Å². The molecule has 1 saturated heterocycles. The number of nitrogens with zero attached hydrogens (tertiary/aromatic N) is 1. The van der Waals surface area contributed by atoms with Crippen LogP contribution in [0.25, 0.3) is 0 Å². The molecule has 1 aliphatic heterocycles. The number of hydrogen-bond acceptors (Lipinski definition) is 4. The van der Waals surface area contributed by atoms with Crippen molar-refractivity contribution in [1.82, 2.24) is 4.90 Å². The fourth-order valence-electron chi connectivity index (χ4n) is 2.49. The lowest BCUT2D eigenvalue weighted by molar-refractivity contribution is -0.312. The van der Waals surface area contributed by atoms with Crippen LogP contribution in [0.4, 0.5) is 9.18 Å². The summed E-state index contributed by atoms with van der Waals surface area (Å²) in [7, 11) is 0. The molecule has 0 bridgehead atoms. The summed E-state index contributed by atoms with van der Waals surface area (Å²) in [5.74, 6) is -1.93. The number of amides is 1. The number of carbonyl (C=O) groups is 2. The van der Waals surface area contributed by atoms with E-state index in [1.54, 1.807) is 26.0 Å². The van der Waals surface area contributed by atoms with E-state index >= 15 is 0 Å². The number of carboxylic acid groups (broad SMARTS) is 1. The summed E-state index contributed by atoms with van der Waals surface area (Å²) >= 11 is 0. The highest BCUT2D eigenvalue weighted by atomic mass is 19.1. The minimum absolute atomic E-state index is 0.330. The van der Waals surface area contributed by atoms with Crippen molar-refractivity contribution in [2.75, 3.05) is 13.1 Å². The van der Waals surface area contributed by atoms with Crippen LogP contribution in [0.15, 0.2) is 24.3 Å². The van der Waals surface area contributed by atoms with Crippen molar-refractivity contribution in [2.24, 2.45) is 5.92 Å². The molecule has 1 aromatic carbocycles. The van der Waals surface area contributed by atoms with E-state index in [-0.39, 0.29) is 5.82 Å². The van der Waals surface area contributed by atoms with Gasteiger partial charge in [-0.1, -0.05) is 12.1 Å². The second-order valence-corrected chi connectivity index (χ2v) is 5.97. The molecule has 0 aliphatic carbocycles. The van der Waals surface area contributed by atoms with E-state index in [1.165, 1.54) is 17.0 Å². The number of halogens is 1. The van der Waals surface area contributed by atoms with Crippen LogP contribution < -0.4 is 5.11 Å². The molecule has 0 N–H and O–H groups in total. The summed E-state index contributed by atoms with van der Waals surface area (Å²) in [6.07, 6.45) is 0.245. The smallest absolute Gasteiger partial charge is 0.410 e. The number of likely N-dealkylation sites (tertiary alicyclic amines) is 1. The second-order valence-electron chi connectivity index (χ2n) is 5.97. The van der Waals surface area contributed by atoms with Gasteiger partial charge in [-0.25, -0.2) is 9.18 Å². The highest BCUT2D eigenvalue weighted by Gasteiger charge is 2.30. The summed E-state index contributed by atoms with van der Waals surface area (Å²) in [5.41, 5.74) is -0.206. The average Bonchev–Trinajstić information content (AvgIpc) is 2.47. The number of carbonyl (C=O) groups excluding carboxylic acids is 2. The molecule has 1 heterocycles. The first kappa shape index (κ1) is 16.3. The maximum Gasteiger partial charge on any atom is 0.410 e. The molecule has 1 fully saturated rings. The third kappa shape index (κ3) is 3.75. The minimum atomic E-state index is -1.07. The Bertz CT molecular complexity index is 548. The van der Waals surface area contributed by atoms with Gasteiger partial charge in [0, 0.05) is 25.0 Å². The molecule has 120 valence electrons. The van der Waals surface area contributed by atoms with Crippen LogP contribution in [-0.2, 0) is 15.1 Å².